The molecular weight excluding hydrogens is 295 g/mol. The summed E-state index contributed by atoms with van der Waals surface area (Å²) in [7, 11) is 1.76. The number of benzene rings is 1. The van der Waals surface area contributed by atoms with E-state index in [1.165, 1.54) is 23.4 Å². The average molecular weight is 307 g/mol. The van der Waals surface area contributed by atoms with Crippen molar-refractivity contribution < 1.29 is 9.18 Å². The highest BCUT2D eigenvalue weighted by molar-refractivity contribution is 6.30. The predicted octanol–water partition coefficient (Wildman–Crippen LogP) is 2.25. The number of anilines is 2. The molecule has 0 saturated carbocycles. The quantitative estimate of drug-likeness (QED) is 0.758. The molecule has 1 aliphatic rings. The molecule has 1 amide bonds. The van der Waals surface area contributed by atoms with Crippen LogP contribution in [0.25, 0.3) is 0 Å². The summed E-state index contributed by atoms with van der Waals surface area (Å²) in [4.78, 5) is 23.7. The lowest BCUT2D eigenvalue weighted by atomic mass is 10.2. The van der Waals surface area contributed by atoms with Crippen molar-refractivity contribution in [3.05, 3.63) is 47.1 Å². The molecule has 0 unspecified atom stereocenters. The summed E-state index contributed by atoms with van der Waals surface area (Å²) in [5.74, 6) is 0.0629. The fourth-order valence-electron chi connectivity index (χ4n) is 2.34. The maximum absolute atomic E-state index is 13.4. The Morgan fingerprint density at radius 3 is 2.86 bits per heavy atom. The van der Waals surface area contributed by atoms with Gasteiger partial charge in [-0.3, -0.25) is 4.79 Å². The highest BCUT2D eigenvalue weighted by Crippen LogP contribution is 2.29. The van der Waals surface area contributed by atoms with Crippen LogP contribution in [0.4, 0.5) is 15.9 Å². The van der Waals surface area contributed by atoms with Crippen molar-refractivity contribution in [1.82, 2.24) is 9.97 Å². The number of fused-ring (bicyclic) bond motifs is 1. The van der Waals surface area contributed by atoms with Gasteiger partial charge in [-0.1, -0.05) is 17.7 Å². The zero-order chi connectivity index (χ0) is 15.0. The Labute approximate surface area is 126 Å². The van der Waals surface area contributed by atoms with Crippen LogP contribution in [0.2, 0.25) is 5.15 Å². The third-order valence-electron chi connectivity index (χ3n) is 3.34. The molecule has 1 aromatic carbocycles. The van der Waals surface area contributed by atoms with E-state index in [1.54, 1.807) is 24.1 Å². The third kappa shape index (κ3) is 2.54. The summed E-state index contributed by atoms with van der Waals surface area (Å²) in [6, 6.07) is 5.91. The SMILES string of the molecule is CN1CC(=O)N(c2cccc(F)c2)Cc2c(Cl)ncnc21. The molecule has 21 heavy (non-hydrogen) atoms. The lowest BCUT2D eigenvalue weighted by molar-refractivity contribution is -0.117. The molecule has 7 heteroatoms. The van der Waals surface area contributed by atoms with Gasteiger partial charge in [0.05, 0.1) is 18.7 Å². The minimum absolute atomic E-state index is 0.136. The minimum Gasteiger partial charge on any atom is -0.350 e. The maximum Gasteiger partial charge on any atom is 0.246 e. The van der Waals surface area contributed by atoms with Crippen LogP contribution in [0, 0.1) is 5.82 Å². The van der Waals surface area contributed by atoms with E-state index in [9.17, 15) is 9.18 Å². The number of aromatic nitrogens is 2. The molecule has 0 fully saturated rings. The molecule has 5 nitrogen and oxygen atoms in total. The number of nitrogens with zero attached hydrogens (tertiary/aromatic N) is 4. The van der Waals surface area contributed by atoms with Gasteiger partial charge < -0.3 is 9.80 Å². The first-order valence-corrected chi connectivity index (χ1v) is 6.70. The van der Waals surface area contributed by atoms with Crippen molar-refractivity contribution in [3.8, 4) is 0 Å². The summed E-state index contributed by atoms with van der Waals surface area (Å²) in [5.41, 5.74) is 1.14. The number of hydrogen-bond acceptors (Lipinski definition) is 4. The van der Waals surface area contributed by atoms with Crippen molar-refractivity contribution in [1.29, 1.82) is 0 Å². The average Bonchev–Trinajstić information content (AvgIpc) is 2.57. The van der Waals surface area contributed by atoms with Crippen LogP contribution in [0.1, 0.15) is 5.56 Å². The van der Waals surface area contributed by atoms with Crippen LogP contribution in [0.3, 0.4) is 0 Å². The molecule has 1 aromatic heterocycles. The molecule has 0 spiro atoms. The number of carbonyl (C=O) groups is 1. The van der Waals surface area contributed by atoms with Gasteiger partial charge in [-0.2, -0.15) is 0 Å². The normalized spacial score (nSPS) is 14.9. The molecule has 0 radical (unpaired) electrons. The summed E-state index contributed by atoms with van der Waals surface area (Å²) < 4.78 is 13.4. The van der Waals surface area contributed by atoms with Crippen molar-refractivity contribution in [2.45, 2.75) is 6.54 Å². The van der Waals surface area contributed by atoms with E-state index >= 15 is 0 Å². The number of amides is 1. The van der Waals surface area contributed by atoms with E-state index in [1.807, 2.05) is 0 Å². The van der Waals surface area contributed by atoms with Gasteiger partial charge in [0.1, 0.15) is 23.1 Å². The Bertz CT molecular complexity index is 709. The Balaban J connectivity index is 2.07. The number of likely N-dealkylation sites (N-methyl/N-ethyl adjacent to an activating group) is 1. The molecule has 3 rings (SSSR count). The fraction of sp³-hybridized carbons (Fsp3) is 0.214. The molecule has 1 aliphatic heterocycles. The maximum atomic E-state index is 13.4. The Morgan fingerprint density at radius 1 is 1.29 bits per heavy atom. The lowest BCUT2D eigenvalue weighted by Gasteiger charge is -2.21. The van der Waals surface area contributed by atoms with Crippen molar-refractivity contribution in [3.63, 3.8) is 0 Å². The van der Waals surface area contributed by atoms with Crippen LogP contribution in [-0.2, 0) is 11.3 Å². The Kier molecular flexibility index (Phi) is 3.47. The van der Waals surface area contributed by atoms with Gasteiger partial charge in [0, 0.05) is 12.7 Å². The first-order valence-electron chi connectivity index (χ1n) is 6.32. The van der Waals surface area contributed by atoms with Gasteiger partial charge in [-0.25, -0.2) is 14.4 Å². The highest BCUT2D eigenvalue weighted by atomic mass is 35.5. The topological polar surface area (TPSA) is 49.3 Å². The first kappa shape index (κ1) is 13.8. The van der Waals surface area contributed by atoms with Gasteiger partial charge in [0.2, 0.25) is 5.91 Å². The monoisotopic (exact) mass is 306 g/mol. The van der Waals surface area contributed by atoms with Crippen LogP contribution in [0.15, 0.2) is 30.6 Å². The second kappa shape index (κ2) is 5.29. The fourth-order valence-corrected chi connectivity index (χ4v) is 2.52. The molecule has 108 valence electrons. The minimum atomic E-state index is -0.395. The molecule has 2 aromatic rings. The van der Waals surface area contributed by atoms with E-state index in [0.717, 1.165) is 0 Å². The van der Waals surface area contributed by atoms with E-state index in [-0.39, 0.29) is 19.0 Å². The zero-order valence-corrected chi connectivity index (χ0v) is 12.0. The number of rotatable bonds is 1. The van der Waals surface area contributed by atoms with E-state index in [4.69, 9.17) is 11.6 Å². The molecule has 2 heterocycles. The molecule has 0 saturated heterocycles. The predicted molar refractivity (Wildman–Crippen MR) is 77.9 cm³/mol. The van der Waals surface area contributed by atoms with Crippen LogP contribution in [-0.4, -0.2) is 29.5 Å². The standard InChI is InChI=1S/C14H12ClFN4O/c1-19-7-12(21)20(10-4-2-3-9(16)5-10)6-11-13(15)17-8-18-14(11)19/h2-5,8H,6-7H2,1H3. The molecule has 0 atom stereocenters. The smallest absolute Gasteiger partial charge is 0.246 e. The van der Waals surface area contributed by atoms with Crippen LogP contribution >= 0.6 is 11.6 Å². The largest absolute Gasteiger partial charge is 0.350 e. The number of hydrogen-bond donors (Lipinski definition) is 0. The van der Waals surface area contributed by atoms with Gasteiger partial charge in [-0.05, 0) is 18.2 Å². The lowest BCUT2D eigenvalue weighted by Crippen LogP contribution is -2.35. The van der Waals surface area contributed by atoms with Crippen LogP contribution < -0.4 is 9.80 Å². The van der Waals surface area contributed by atoms with Gasteiger partial charge in [0.25, 0.3) is 0 Å². The third-order valence-corrected chi connectivity index (χ3v) is 3.67. The Morgan fingerprint density at radius 2 is 2.10 bits per heavy atom. The van der Waals surface area contributed by atoms with Crippen molar-refractivity contribution in [2.75, 3.05) is 23.4 Å². The van der Waals surface area contributed by atoms with Crippen molar-refractivity contribution >= 4 is 29.0 Å². The number of carbonyl (C=O) groups excluding carboxylic acids is 1. The second-order valence-corrected chi connectivity index (χ2v) is 5.14. The summed E-state index contributed by atoms with van der Waals surface area (Å²) in [6.45, 7) is 0.346. The molecule has 0 N–H and O–H groups in total. The van der Waals surface area contributed by atoms with Crippen LogP contribution in [0.5, 0.6) is 0 Å². The van der Waals surface area contributed by atoms with Gasteiger partial charge >= 0.3 is 0 Å². The highest BCUT2D eigenvalue weighted by Gasteiger charge is 2.27. The summed E-state index contributed by atoms with van der Waals surface area (Å²) >= 11 is 6.12. The number of halogens is 2. The zero-order valence-electron chi connectivity index (χ0n) is 11.3. The van der Waals surface area contributed by atoms with E-state index in [0.29, 0.717) is 22.2 Å². The summed E-state index contributed by atoms with van der Waals surface area (Å²) in [6.07, 6.45) is 1.36. The van der Waals surface area contributed by atoms with Gasteiger partial charge in [-0.15, -0.1) is 0 Å². The molecular formula is C14H12ClFN4O. The van der Waals surface area contributed by atoms with E-state index in [2.05, 4.69) is 9.97 Å². The molecule has 0 aliphatic carbocycles. The first-order chi connectivity index (χ1) is 10.1. The van der Waals surface area contributed by atoms with E-state index < -0.39 is 5.82 Å². The summed E-state index contributed by atoms with van der Waals surface area (Å²) in [5, 5.41) is 0.294. The van der Waals surface area contributed by atoms with Crippen molar-refractivity contribution in [2.24, 2.45) is 0 Å². The Hall–Kier alpha value is -2.21. The second-order valence-electron chi connectivity index (χ2n) is 4.78. The molecule has 0 bridgehead atoms. The van der Waals surface area contributed by atoms with Gasteiger partial charge in [0.15, 0.2) is 0 Å².